The summed E-state index contributed by atoms with van der Waals surface area (Å²) in [6.07, 6.45) is 9.69. The molecule has 2 rings (SSSR count). The number of rotatable bonds is 6. The third-order valence-electron chi connectivity index (χ3n) is 3.81. The molecule has 1 fully saturated rings. The molecule has 1 aromatic carbocycles. The summed E-state index contributed by atoms with van der Waals surface area (Å²) in [5.41, 5.74) is 0. The van der Waals surface area contributed by atoms with Gasteiger partial charge in [0.05, 0.1) is 13.7 Å². The highest BCUT2D eigenvalue weighted by molar-refractivity contribution is 5.31. The lowest BCUT2D eigenvalue weighted by Gasteiger charge is -2.21. The van der Waals surface area contributed by atoms with Gasteiger partial charge in [0, 0.05) is 0 Å². The van der Waals surface area contributed by atoms with Crippen molar-refractivity contribution in [1.82, 2.24) is 0 Å². The van der Waals surface area contributed by atoms with Crippen LogP contribution < -0.4 is 9.47 Å². The molecule has 0 heterocycles. The van der Waals surface area contributed by atoms with Gasteiger partial charge in [-0.2, -0.15) is 0 Å². The topological polar surface area (TPSA) is 18.5 Å². The van der Waals surface area contributed by atoms with E-state index in [1.807, 2.05) is 24.3 Å². The van der Waals surface area contributed by atoms with Crippen molar-refractivity contribution < 1.29 is 9.47 Å². The molecule has 1 aliphatic rings. The molecule has 1 aromatic rings. The van der Waals surface area contributed by atoms with Crippen molar-refractivity contribution in [2.75, 3.05) is 13.7 Å². The van der Waals surface area contributed by atoms with E-state index in [1.165, 1.54) is 44.9 Å². The van der Waals surface area contributed by atoms with Crippen molar-refractivity contribution in [3.8, 4) is 11.5 Å². The zero-order chi connectivity index (χ0) is 12.6. The molecule has 100 valence electrons. The Balaban J connectivity index is 1.62. The maximum absolute atomic E-state index is 5.74. The molecule has 0 aromatic heterocycles. The van der Waals surface area contributed by atoms with Crippen molar-refractivity contribution in [3.63, 3.8) is 0 Å². The van der Waals surface area contributed by atoms with E-state index in [2.05, 4.69) is 0 Å². The Morgan fingerprint density at radius 3 is 2.33 bits per heavy atom. The molecule has 0 radical (unpaired) electrons. The maximum atomic E-state index is 5.74. The third-order valence-corrected chi connectivity index (χ3v) is 3.81. The SMILES string of the molecule is COc1ccc(OCCCC2CCCCC2)cc1. The normalized spacial score (nSPS) is 16.5. The first-order chi connectivity index (χ1) is 8.88. The monoisotopic (exact) mass is 248 g/mol. The van der Waals surface area contributed by atoms with Gasteiger partial charge in [-0.15, -0.1) is 0 Å². The van der Waals surface area contributed by atoms with Gasteiger partial charge in [0.1, 0.15) is 11.5 Å². The lowest BCUT2D eigenvalue weighted by molar-refractivity contribution is 0.269. The van der Waals surface area contributed by atoms with E-state index in [-0.39, 0.29) is 0 Å². The molecule has 1 aliphatic carbocycles. The standard InChI is InChI=1S/C16H24O2/c1-17-15-9-11-16(12-10-15)18-13-5-8-14-6-3-2-4-7-14/h9-12,14H,2-8,13H2,1H3. The molecule has 0 saturated heterocycles. The van der Waals surface area contributed by atoms with Crippen molar-refractivity contribution in [2.45, 2.75) is 44.9 Å². The molecule has 0 atom stereocenters. The summed E-state index contributed by atoms with van der Waals surface area (Å²) in [5.74, 6) is 2.78. The summed E-state index contributed by atoms with van der Waals surface area (Å²) < 4.78 is 10.9. The van der Waals surface area contributed by atoms with Gasteiger partial charge in [0.15, 0.2) is 0 Å². The molecule has 0 N–H and O–H groups in total. The third kappa shape index (κ3) is 4.25. The van der Waals surface area contributed by atoms with Crippen molar-refractivity contribution >= 4 is 0 Å². The van der Waals surface area contributed by atoms with Gasteiger partial charge in [-0.05, 0) is 43.0 Å². The molecule has 2 heteroatoms. The predicted molar refractivity (Wildman–Crippen MR) is 74.3 cm³/mol. The highest BCUT2D eigenvalue weighted by Gasteiger charge is 2.12. The molecule has 1 saturated carbocycles. The zero-order valence-corrected chi connectivity index (χ0v) is 11.4. The minimum Gasteiger partial charge on any atom is -0.497 e. The minimum absolute atomic E-state index is 0.836. The van der Waals surface area contributed by atoms with Crippen LogP contribution in [-0.2, 0) is 0 Å². The molecular formula is C16H24O2. The van der Waals surface area contributed by atoms with Crippen LogP contribution in [0.2, 0.25) is 0 Å². The maximum Gasteiger partial charge on any atom is 0.119 e. The number of methoxy groups -OCH3 is 1. The van der Waals surface area contributed by atoms with Crippen LogP contribution in [0.4, 0.5) is 0 Å². The zero-order valence-electron chi connectivity index (χ0n) is 11.4. The first-order valence-corrected chi connectivity index (χ1v) is 7.15. The van der Waals surface area contributed by atoms with Crippen LogP contribution in [0.1, 0.15) is 44.9 Å². The number of hydrogen-bond acceptors (Lipinski definition) is 2. The van der Waals surface area contributed by atoms with Gasteiger partial charge in [-0.1, -0.05) is 32.1 Å². The van der Waals surface area contributed by atoms with E-state index in [4.69, 9.17) is 9.47 Å². The van der Waals surface area contributed by atoms with Crippen LogP contribution in [-0.4, -0.2) is 13.7 Å². The minimum atomic E-state index is 0.836. The summed E-state index contributed by atoms with van der Waals surface area (Å²) >= 11 is 0. The fourth-order valence-electron chi connectivity index (χ4n) is 2.71. The molecule has 18 heavy (non-hydrogen) atoms. The number of ether oxygens (including phenoxy) is 2. The second-order valence-corrected chi connectivity index (χ2v) is 5.17. The van der Waals surface area contributed by atoms with Crippen LogP contribution in [0.25, 0.3) is 0 Å². The summed E-state index contributed by atoms with van der Waals surface area (Å²) in [6.45, 7) is 0.836. The molecular weight excluding hydrogens is 224 g/mol. The Hall–Kier alpha value is -1.18. The fraction of sp³-hybridized carbons (Fsp3) is 0.625. The average molecular weight is 248 g/mol. The van der Waals surface area contributed by atoms with E-state index in [0.29, 0.717) is 0 Å². The van der Waals surface area contributed by atoms with E-state index in [1.54, 1.807) is 7.11 Å². The van der Waals surface area contributed by atoms with Gasteiger partial charge in [-0.25, -0.2) is 0 Å². The summed E-state index contributed by atoms with van der Waals surface area (Å²) in [4.78, 5) is 0. The lowest BCUT2D eigenvalue weighted by Crippen LogP contribution is -2.08. The first-order valence-electron chi connectivity index (χ1n) is 7.15. The predicted octanol–water partition coefficient (Wildman–Crippen LogP) is 4.43. The van der Waals surface area contributed by atoms with E-state index >= 15 is 0 Å². The Kier molecular flexibility index (Phi) is 5.37. The highest BCUT2D eigenvalue weighted by Crippen LogP contribution is 2.27. The second kappa shape index (κ2) is 7.30. The van der Waals surface area contributed by atoms with Crippen molar-refractivity contribution in [1.29, 1.82) is 0 Å². The fourth-order valence-corrected chi connectivity index (χ4v) is 2.71. The van der Waals surface area contributed by atoms with Gasteiger partial charge >= 0.3 is 0 Å². The Morgan fingerprint density at radius 1 is 1.00 bits per heavy atom. The second-order valence-electron chi connectivity index (χ2n) is 5.17. The largest absolute Gasteiger partial charge is 0.497 e. The van der Waals surface area contributed by atoms with E-state index < -0.39 is 0 Å². The first kappa shape index (κ1) is 13.3. The van der Waals surface area contributed by atoms with Crippen LogP contribution in [0, 0.1) is 5.92 Å². The van der Waals surface area contributed by atoms with Crippen LogP contribution in [0.5, 0.6) is 11.5 Å². The molecule has 0 amide bonds. The number of hydrogen-bond donors (Lipinski definition) is 0. The molecule has 0 unspecified atom stereocenters. The molecule has 0 aliphatic heterocycles. The van der Waals surface area contributed by atoms with E-state index in [9.17, 15) is 0 Å². The van der Waals surface area contributed by atoms with Gasteiger partial charge < -0.3 is 9.47 Å². The number of benzene rings is 1. The summed E-state index contributed by atoms with van der Waals surface area (Å²) in [5, 5.41) is 0. The molecule has 2 nitrogen and oxygen atoms in total. The molecule has 0 bridgehead atoms. The van der Waals surface area contributed by atoms with Crippen molar-refractivity contribution in [3.05, 3.63) is 24.3 Å². The van der Waals surface area contributed by atoms with Crippen LogP contribution >= 0.6 is 0 Å². The summed E-state index contributed by atoms with van der Waals surface area (Å²) in [7, 11) is 1.68. The lowest BCUT2D eigenvalue weighted by atomic mass is 9.86. The van der Waals surface area contributed by atoms with Gasteiger partial charge in [-0.3, -0.25) is 0 Å². The Morgan fingerprint density at radius 2 is 1.67 bits per heavy atom. The highest BCUT2D eigenvalue weighted by atomic mass is 16.5. The summed E-state index contributed by atoms with van der Waals surface area (Å²) in [6, 6.07) is 7.83. The van der Waals surface area contributed by atoms with Gasteiger partial charge in [0.25, 0.3) is 0 Å². The Bertz CT molecular complexity index is 325. The van der Waals surface area contributed by atoms with Gasteiger partial charge in [0.2, 0.25) is 0 Å². The average Bonchev–Trinajstić information content (AvgIpc) is 2.45. The van der Waals surface area contributed by atoms with E-state index in [0.717, 1.165) is 24.0 Å². The van der Waals surface area contributed by atoms with Crippen molar-refractivity contribution in [2.24, 2.45) is 5.92 Å². The Labute approximate surface area is 110 Å². The quantitative estimate of drug-likeness (QED) is 0.693. The van der Waals surface area contributed by atoms with Crippen LogP contribution in [0.15, 0.2) is 24.3 Å². The van der Waals surface area contributed by atoms with Crippen LogP contribution in [0.3, 0.4) is 0 Å². The molecule has 0 spiro atoms. The smallest absolute Gasteiger partial charge is 0.119 e.